The van der Waals surface area contributed by atoms with E-state index in [2.05, 4.69) is 15.4 Å². The molecule has 0 atom stereocenters. The third kappa shape index (κ3) is 3.89. The molecule has 2 heterocycles. The van der Waals surface area contributed by atoms with Crippen LogP contribution in [0.1, 0.15) is 16.1 Å². The predicted octanol–water partition coefficient (Wildman–Crippen LogP) is 4.50. The minimum atomic E-state index is -5.04. The molecular weight excluding hydrogens is 473 g/mol. The van der Waals surface area contributed by atoms with Crippen LogP contribution in [-0.2, 0) is 6.18 Å². The van der Waals surface area contributed by atoms with Gasteiger partial charge in [0.1, 0.15) is 22.9 Å². The first kappa shape index (κ1) is 22.3. The summed E-state index contributed by atoms with van der Waals surface area (Å²) >= 11 is 6.02. The highest BCUT2D eigenvalue weighted by Gasteiger charge is 2.42. The van der Waals surface area contributed by atoms with Gasteiger partial charge in [-0.1, -0.05) is 28.9 Å². The molecule has 7 nitrogen and oxygen atoms in total. The van der Waals surface area contributed by atoms with Crippen molar-refractivity contribution in [2.45, 2.75) is 6.18 Å². The van der Waals surface area contributed by atoms with E-state index < -0.39 is 57.6 Å². The van der Waals surface area contributed by atoms with Crippen molar-refractivity contribution in [3.63, 3.8) is 0 Å². The Kier molecular flexibility index (Phi) is 5.54. The molecule has 33 heavy (non-hydrogen) atoms. The number of carbonyl (C=O) groups is 1. The van der Waals surface area contributed by atoms with Crippen LogP contribution >= 0.6 is 11.6 Å². The number of nitrogens with two attached hydrogens (primary N) is 1. The smallest absolute Gasteiger partial charge is 0.355 e. The van der Waals surface area contributed by atoms with Gasteiger partial charge in [0.25, 0.3) is 0 Å². The summed E-state index contributed by atoms with van der Waals surface area (Å²) in [5.41, 5.74) is 1.13. The molecule has 168 valence electrons. The fraction of sp³-hybridized carbons (Fsp3) is 0.0500. The van der Waals surface area contributed by atoms with E-state index in [9.17, 15) is 26.7 Å². The largest absolute Gasteiger partial charge is 0.434 e. The number of nitrogens with zero attached hydrogens (tertiary/aromatic N) is 4. The van der Waals surface area contributed by atoms with E-state index in [1.165, 1.54) is 24.3 Å². The zero-order valence-corrected chi connectivity index (χ0v) is 16.8. The number of hydrogen-bond donors (Lipinski definition) is 1. The lowest BCUT2D eigenvalue weighted by Gasteiger charge is -2.12. The Hall–Kier alpha value is -3.93. The summed E-state index contributed by atoms with van der Waals surface area (Å²) in [5.74, 6) is -3.68. The predicted molar refractivity (Wildman–Crippen MR) is 103 cm³/mol. The third-order valence-corrected chi connectivity index (χ3v) is 4.87. The maximum Gasteiger partial charge on any atom is 0.434 e. The van der Waals surface area contributed by atoms with E-state index in [1.807, 2.05) is 0 Å². The molecule has 13 heteroatoms. The molecule has 0 saturated carbocycles. The Bertz CT molecular complexity index is 1380. The topological polar surface area (TPSA) is 98.9 Å². The number of hydrogen-bond acceptors (Lipinski definition) is 4. The normalized spacial score (nSPS) is 11.6. The van der Waals surface area contributed by atoms with Crippen molar-refractivity contribution in [2.24, 2.45) is 5.11 Å². The van der Waals surface area contributed by atoms with Crippen LogP contribution in [0.2, 0.25) is 5.02 Å². The van der Waals surface area contributed by atoms with Crippen LogP contribution in [0, 0.1) is 11.6 Å². The second-order valence-electron chi connectivity index (χ2n) is 6.56. The van der Waals surface area contributed by atoms with Gasteiger partial charge in [-0.2, -0.15) is 18.3 Å². The molecule has 0 radical (unpaired) electrons. The van der Waals surface area contributed by atoms with Crippen LogP contribution < -0.4 is 5.53 Å². The van der Waals surface area contributed by atoms with Gasteiger partial charge in [0.15, 0.2) is 11.5 Å². The summed E-state index contributed by atoms with van der Waals surface area (Å²) < 4.78 is 75.7. The van der Waals surface area contributed by atoms with Crippen molar-refractivity contribution in [3.8, 4) is 28.3 Å². The van der Waals surface area contributed by atoms with Gasteiger partial charge in [0, 0.05) is 5.11 Å². The lowest BCUT2D eigenvalue weighted by atomic mass is 10.0. The minimum absolute atomic E-state index is 0.188. The fourth-order valence-corrected chi connectivity index (χ4v) is 3.48. The first-order valence-corrected chi connectivity index (χ1v) is 9.32. The van der Waals surface area contributed by atoms with Crippen LogP contribution in [0.3, 0.4) is 0 Å². The Morgan fingerprint density at radius 2 is 1.88 bits per heavy atom. The molecule has 4 rings (SSSR count). The summed E-state index contributed by atoms with van der Waals surface area (Å²) in [6, 6.07) is 7.84. The van der Waals surface area contributed by atoms with Crippen LogP contribution in [0.15, 0.2) is 58.3 Å². The first-order valence-electron chi connectivity index (χ1n) is 8.94. The minimum Gasteiger partial charge on any atom is -0.355 e. The SMILES string of the molecule is [NH2+]=NC(=O)c1c(-c2c(F)cccc2Cl)noc1-c1cnn(-c2cccc(F)c2)c1C(F)(F)F. The van der Waals surface area contributed by atoms with Crippen molar-refractivity contribution in [3.05, 3.63) is 76.6 Å². The number of alkyl halides is 3. The van der Waals surface area contributed by atoms with Gasteiger partial charge < -0.3 is 4.52 Å². The summed E-state index contributed by atoms with van der Waals surface area (Å²) in [6.45, 7) is 0. The van der Waals surface area contributed by atoms with E-state index in [4.69, 9.17) is 21.7 Å². The van der Waals surface area contributed by atoms with Crippen molar-refractivity contribution >= 4 is 17.5 Å². The van der Waals surface area contributed by atoms with E-state index in [0.717, 1.165) is 24.4 Å². The maximum absolute atomic E-state index is 14.5. The third-order valence-electron chi connectivity index (χ3n) is 4.56. The van der Waals surface area contributed by atoms with E-state index >= 15 is 0 Å². The molecule has 0 aliphatic heterocycles. The summed E-state index contributed by atoms with van der Waals surface area (Å²) in [5, 5.41) is 10.0. The Balaban J connectivity index is 2.02. The Labute approximate surface area is 185 Å². The highest BCUT2D eigenvalue weighted by Crippen LogP contribution is 2.43. The van der Waals surface area contributed by atoms with Crippen molar-refractivity contribution in [1.29, 1.82) is 0 Å². The van der Waals surface area contributed by atoms with Gasteiger partial charge in [-0.25, -0.2) is 13.5 Å². The van der Waals surface area contributed by atoms with E-state index in [-0.39, 0.29) is 10.7 Å². The first-order chi connectivity index (χ1) is 15.6. The van der Waals surface area contributed by atoms with Gasteiger partial charge in [0.05, 0.1) is 28.0 Å². The summed E-state index contributed by atoms with van der Waals surface area (Å²) in [4.78, 5) is 12.5. The molecular formula is C20H10ClF5N5O2+. The van der Waals surface area contributed by atoms with Crippen molar-refractivity contribution in [1.82, 2.24) is 14.9 Å². The molecule has 2 aromatic carbocycles. The lowest BCUT2D eigenvalue weighted by Crippen LogP contribution is -2.26. The number of rotatable bonds is 4. The van der Waals surface area contributed by atoms with Gasteiger partial charge in [-0.15, -0.1) is 5.53 Å². The number of amides is 1. The van der Waals surface area contributed by atoms with Crippen LogP contribution in [0.25, 0.3) is 28.3 Å². The number of carbonyl (C=O) groups excluding carboxylic acids is 1. The van der Waals surface area contributed by atoms with Crippen LogP contribution in [-0.4, -0.2) is 20.8 Å². The fourth-order valence-electron chi connectivity index (χ4n) is 3.22. The van der Waals surface area contributed by atoms with Gasteiger partial charge in [0.2, 0.25) is 0 Å². The average molecular weight is 483 g/mol. The molecule has 2 N–H and O–H groups in total. The highest BCUT2D eigenvalue weighted by molar-refractivity contribution is 6.33. The number of halogens is 6. The molecule has 0 spiro atoms. The number of aromatic nitrogens is 3. The lowest BCUT2D eigenvalue weighted by molar-refractivity contribution is -0.211. The van der Waals surface area contributed by atoms with Gasteiger partial charge in [-0.05, 0) is 30.3 Å². The zero-order valence-electron chi connectivity index (χ0n) is 16.1. The second-order valence-corrected chi connectivity index (χ2v) is 6.97. The summed E-state index contributed by atoms with van der Waals surface area (Å²) in [6.07, 6.45) is -4.30. The average Bonchev–Trinajstić information content (AvgIpc) is 3.37. The molecule has 0 aliphatic rings. The van der Waals surface area contributed by atoms with Crippen molar-refractivity contribution in [2.75, 3.05) is 0 Å². The molecule has 0 fully saturated rings. The van der Waals surface area contributed by atoms with Gasteiger partial charge in [-0.3, -0.25) is 4.79 Å². The van der Waals surface area contributed by atoms with Gasteiger partial charge >= 0.3 is 12.1 Å². The molecule has 1 amide bonds. The van der Waals surface area contributed by atoms with Crippen molar-refractivity contribution < 1.29 is 36.8 Å². The zero-order chi connectivity index (χ0) is 23.9. The standard InChI is InChI=1S/C20H9ClF5N5O2/c21-12-5-2-6-13(23)14(12)16-15(19(32)29-27)17(33-30-16)11-8-28-31(18(11)20(24,25)26)10-4-1-3-9(22)7-10/h1-8,27H/p+1. The Morgan fingerprint density at radius 1 is 1.15 bits per heavy atom. The molecule has 2 aromatic heterocycles. The van der Waals surface area contributed by atoms with Crippen LogP contribution in [0.4, 0.5) is 22.0 Å². The molecule has 0 saturated heterocycles. The molecule has 0 unspecified atom stereocenters. The highest BCUT2D eigenvalue weighted by atomic mass is 35.5. The Morgan fingerprint density at radius 3 is 2.52 bits per heavy atom. The number of benzene rings is 2. The second kappa shape index (κ2) is 8.20. The quantitative estimate of drug-likeness (QED) is 0.342. The molecule has 0 aliphatic carbocycles. The van der Waals surface area contributed by atoms with Crippen LogP contribution in [0.5, 0.6) is 0 Å². The van der Waals surface area contributed by atoms with E-state index in [0.29, 0.717) is 4.68 Å². The molecule has 4 aromatic rings. The maximum atomic E-state index is 14.5. The van der Waals surface area contributed by atoms with E-state index in [1.54, 1.807) is 0 Å². The monoisotopic (exact) mass is 482 g/mol. The summed E-state index contributed by atoms with van der Waals surface area (Å²) in [7, 11) is 0. The molecule has 0 bridgehead atoms.